The Morgan fingerprint density at radius 2 is 1.83 bits per heavy atom. The van der Waals surface area contributed by atoms with Gasteiger partial charge >= 0.3 is 19.5 Å². The van der Waals surface area contributed by atoms with E-state index in [1.54, 1.807) is 0 Å². The van der Waals surface area contributed by atoms with Gasteiger partial charge in [-0.3, -0.25) is 4.57 Å². The number of hydrogen-bond donors (Lipinski definition) is 2. The number of nitrogens with zero attached hydrogens (tertiary/aromatic N) is 1. The molecular formula is C15H27NO7P+. The quantitative estimate of drug-likeness (QED) is 0.261. The lowest BCUT2D eigenvalue weighted by Crippen LogP contribution is -2.37. The molecule has 0 amide bonds. The first-order chi connectivity index (χ1) is 10.8. The van der Waals surface area contributed by atoms with Crippen LogP contribution in [0, 0.1) is 0 Å². The van der Waals surface area contributed by atoms with Crippen LogP contribution in [0.25, 0.3) is 0 Å². The second-order valence-electron chi connectivity index (χ2n) is 6.51. The highest BCUT2D eigenvalue weighted by Gasteiger charge is 2.33. The van der Waals surface area contributed by atoms with Crippen molar-refractivity contribution in [1.29, 1.82) is 0 Å². The van der Waals surface area contributed by atoms with Crippen LogP contribution in [0.1, 0.15) is 13.8 Å². The molecule has 0 aliphatic heterocycles. The fourth-order valence-corrected chi connectivity index (χ4v) is 2.63. The van der Waals surface area contributed by atoms with Gasteiger partial charge in [-0.25, -0.2) is 9.59 Å². The molecule has 8 nitrogen and oxygen atoms in total. The summed E-state index contributed by atoms with van der Waals surface area (Å²) in [5, 5.41) is 8.94. The van der Waals surface area contributed by atoms with Crippen LogP contribution in [0.5, 0.6) is 0 Å². The Morgan fingerprint density at radius 1 is 1.29 bits per heavy atom. The number of hydrogen-bond acceptors (Lipinski definition) is 5. The van der Waals surface area contributed by atoms with Gasteiger partial charge in [-0.05, 0) is 13.8 Å². The predicted octanol–water partition coefficient (Wildman–Crippen LogP) is 1.41. The van der Waals surface area contributed by atoms with Crippen molar-refractivity contribution >= 4 is 19.5 Å². The summed E-state index contributed by atoms with van der Waals surface area (Å²) in [5.74, 6) is -1.97. The normalized spacial score (nSPS) is 16.2. The monoisotopic (exact) mass is 364 g/mol. The smallest absolute Gasteiger partial charge is 0.338 e. The topological polar surface area (TPSA) is 110 Å². The van der Waals surface area contributed by atoms with Crippen LogP contribution >= 0.6 is 7.60 Å². The first-order valence-electron chi connectivity index (χ1n) is 7.28. The number of rotatable bonds is 10. The van der Waals surface area contributed by atoms with E-state index in [4.69, 9.17) is 14.4 Å². The Kier molecular flexibility index (Phi) is 8.57. The number of ether oxygens (including phenoxy) is 1. The maximum atomic E-state index is 12.4. The van der Waals surface area contributed by atoms with Gasteiger partial charge in [-0.2, -0.15) is 0 Å². The summed E-state index contributed by atoms with van der Waals surface area (Å²) in [6.45, 7) is 6.13. The molecule has 0 aromatic rings. The van der Waals surface area contributed by atoms with Crippen molar-refractivity contribution in [3.8, 4) is 0 Å². The fraction of sp³-hybridized carbons (Fsp3) is 0.600. The molecule has 0 heterocycles. The number of aliphatic carboxylic acids is 1. The molecule has 0 aromatic heterocycles. The van der Waals surface area contributed by atoms with Gasteiger partial charge in [0, 0.05) is 11.1 Å². The Balaban J connectivity index is 5.17. The average Bonchev–Trinajstić information content (AvgIpc) is 2.40. The van der Waals surface area contributed by atoms with Crippen LogP contribution in [-0.2, 0) is 23.4 Å². The van der Waals surface area contributed by atoms with Gasteiger partial charge in [0.2, 0.25) is 0 Å². The molecule has 2 atom stereocenters. The van der Waals surface area contributed by atoms with Crippen LogP contribution in [-0.4, -0.2) is 73.0 Å². The van der Waals surface area contributed by atoms with Crippen LogP contribution < -0.4 is 0 Å². The molecule has 138 valence electrons. The number of quaternary nitrogens is 1. The van der Waals surface area contributed by atoms with Crippen molar-refractivity contribution < 1.29 is 37.9 Å². The van der Waals surface area contributed by atoms with Gasteiger partial charge in [0.15, 0.2) is 0 Å². The maximum absolute atomic E-state index is 12.4. The van der Waals surface area contributed by atoms with E-state index in [-0.39, 0.29) is 17.8 Å². The van der Waals surface area contributed by atoms with E-state index in [0.717, 1.165) is 6.08 Å². The van der Waals surface area contributed by atoms with E-state index in [1.807, 2.05) is 21.1 Å². The lowest BCUT2D eigenvalue weighted by atomic mass is 10.2. The zero-order valence-electron chi connectivity index (χ0n) is 14.8. The zero-order chi connectivity index (χ0) is 19.1. The molecule has 0 spiro atoms. The zero-order valence-corrected chi connectivity index (χ0v) is 15.7. The SMILES string of the molecule is C=C(C)C(=O)OCC(C=C(C)C(=O)O)P(=O)(O)OCC[N+](C)(C)C. The highest BCUT2D eigenvalue weighted by molar-refractivity contribution is 7.53. The summed E-state index contributed by atoms with van der Waals surface area (Å²) < 4.78 is 22.9. The third-order valence-electron chi connectivity index (χ3n) is 2.97. The van der Waals surface area contributed by atoms with E-state index in [2.05, 4.69) is 6.58 Å². The van der Waals surface area contributed by atoms with Gasteiger partial charge in [-0.1, -0.05) is 12.7 Å². The molecule has 24 heavy (non-hydrogen) atoms. The number of carbonyl (C=O) groups excluding carboxylic acids is 1. The van der Waals surface area contributed by atoms with E-state index >= 15 is 0 Å². The number of carboxylic acids is 1. The molecule has 2 N–H and O–H groups in total. The van der Waals surface area contributed by atoms with E-state index < -0.39 is 31.8 Å². The molecular weight excluding hydrogens is 337 g/mol. The second-order valence-corrected chi connectivity index (χ2v) is 8.56. The maximum Gasteiger partial charge on any atom is 0.338 e. The van der Waals surface area contributed by atoms with Crippen molar-refractivity contribution in [2.24, 2.45) is 0 Å². The third-order valence-corrected chi connectivity index (χ3v) is 4.66. The Hall–Kier alpha value is -1.47. The Bertz CT molecular complexity index is 563. The van der Waals surface area contributed by atoms with E-state index in [9.17, 15) is 19.0 Å². The molecule has 0 saturated carbocycles. The lowest BCUT2D eigenvalue weighted by molar-refractivity contribution is -0.870. The van der Waals surface area contributed by atoms with Gasteiger partial charge < -0.3 is 23.7 Å². The van der Waals surface area contributed by atoms with E-state index in [1.165, 1.54) is 13.8 Å². The minimum Gasteiger partial charge on any atom is -0.478 e. The standard InChI is InChI=1S/C15H26NO7P/c1-11(2)15(19)22-10-13(9-12(3)14(17)18)24(20,21)23-8-7-16(4,5)6/h9,13H,1,7-8,10H2,2-6H3,(H-,17,18,20,21)/p+1. The number of carbonyl (C=O) groups is 2. The number of likely N-dealkylation sites (N-methyl/N-ethyl adjacent to an activating group) is 1. The molecule has 0 radical (unpaired) electrons. The molecule has 2 unspecified atom stereocenters. The van der Waals surface area contributed by atoms with Crippen molar-refractivity contribution in [3.05, 3.63) is 23.8 Å². The van der Waals surface area contributed by atoms with Crippen LogP contribution in [0.4, 0.5) is 0 Å². The van der Waals surface area contributed by atoms with Crippen molar-refractivity contribution in [3.63, 3.8) is 0 Å². The third kappa shape index (κ3) is 8.98. The minimum atomic E-state index is -4.23. The van der Waals surface area contributed by atoms with Gasteiger partial charge in [-0.15, -0.1) is 0 Å². The Labute approximate surface area is 142 Å². The molecule has 0 bridgehead atoms. The largest absolute Gasteiger partial charge is 0.478 e. The van der Waals surface area contributed by atoms with Gasteiger partial charge in [0.25, 0.3) is 0 Å². The number of esters is 1. The highest BCUT2D eigenvalue weighted by atomic mass is 31.2. The summed E-state index contributed by atoms with van der Waals surface area (Å²) in [6, 6.07) is 0. The molecule has 9 heteroatoms. The number of carboxylic acid groups (broad SMARTS) is 1. The molecule has 0 aliphatic carbocycles. The first kappa shape index (κ1) is 22.5. The van der Waals surface area contributed by atoms with Crippen LogP contribution in [0.15, 0.2) is 23.8 Å². The Morgan fingerprint density at radius 3 is 2.25 bits per heavy atom. The summed E-state index contributed by atoms with van der Waals surface area (Å²) in [5.41, 5.74) is -1.29. The highest BCUT2D eigenvalue weighted by Crippen LogP contribution is 2.48. The van der Waals surface area contributed by atoms with Crippen molar-refractivity contribution in [1.82, 2.24) is 0 Å². The molecule has 0 fully saturated rings. The summed E-state index contributed by atoms with van der Waals surface area (Å²) >= 11 is 0. The molecule has 0 rings (SSSR count). The lowest BCUT2D eigenvalue weighted by Gasteiger charge is -2.25. The summed E-state index contributed by atoms with van der Waals surface area (Å²) in [6.07, 6.45) is 1.07. The van der Waals surface area contributed by atoms with Gasteiger partial charge in [0.05, 0.1) is 21.1 Å². The molecule has 0 aliphatic rings. The summed E-state index contributed by atoms with van der Waals surface area (Å²) in [4.78, 5) is 32.5. The average molecular weight is 364 g/mol. The van der Waals surface area contributed by atoms with Crippen LogP contribution in [0.3, 0.4) is 0 Å². The van der Waals surface area contributed by atoms with Gasteiger partial charge in [0.1, 0.15) is 25.4 Å². The first-order valence-corrected chi connectivity index (χ1v) is 8.93. The summed E-state index contributed by atoms with van der Waals surface area (Å²) in [7, 11) is 1.46. The fourth-order valence-electron chi connectivity index (χ4n) is 1.42. The second kappa shape index (κ2) is 9.13. The van der Waals surface area contributed by atoms with E-state index in [0.29, 0.717) is 11.0 Å². The van der Waals surface area contributed by atoms with Crippen molar-refractivity contribution in [2.75, 3.05) is 40.9 Å². The molecule has 0 saturated heterocycles. The van der Waals surface area contributed by atoms with Crippen molar-refractivity contribution in [2.45, 2.75) is 19.5 Å². The minimum absolute atomic E-state index is 0.00215. The molecule has 0 aromatic carbocycles. The van der Waals surface area contributed by atoms with Crippen LogP contribution in [0.2, 0.25) is 0 Å². The predicted molar refractivity (Wildman–Crippen MR) is 89.6 cm³/mol.